The van der Waals surface area contributed by atoms with Gasteiger partial charge in [0.1, 0.15) is 17.4 Å². The van der Waals surface area contributed by atoms with E-state index in [0.717, 1.165) is 5.56 Å². The minimum Gasteiger partial charge on any atom is -0.440 e. The number of nitriles is 1. The number of hydrogen-bond donors (Lipinski definition) is 1. The second kappa shape index (κ2) is 4.37. The molecule has 1 aliphatic heterocycles. The molecule has 0 unspecified atom stereocenters. The van der Waals surface area contributed by atoms with Crippen molar-refractivity contribution in [3.63, 3.8) is 0 Å². The fourth-order valence-electron chi connectivity index (χ4n) is 2.01. The van der Waals surface area contributed by atoms with Crippen LogP contribution in [0.15, 0.2) is 29.7 Å². The van der Waals surface area contributed by atoms with E-state index < -0.39 is 10.8 Å². The third kappa shape index (κ3) is 1.98. The fourth-order valence-corrected chi connectivity index (χ4v) is 2.01. The Bertz CT molecular complexity index is 587. The molecular weight excluding hydrogens is 234 g/mol. The number of rotatable bonds is 2. The molecule has 18 heavy (non-hydrogen) atoms. The molecule has 1 heterocycles. The third-order valence-electron chi connectivity index (χ3n) is 2.83. The van der Waals surface area contributed by atoms with Gasteiger partial charge in [-0.25, -0.2) is 0 Å². The molecule has 0 bridgehead atoms. The highest BCUT2D eigenvalue weighted by molar-refractivity contribution is 5.50. The lowest BCUT2D eigenvalue weighted by molar-refractivity contribution is -0.482. The van der Waals surface area contributed by atoms with Gasteiger partial charge in [-0.3, -0.25) is 10.1 Å². The first-order chi connectivity index (χ1) is 8.52. The molecular formula is C12H11N3O3. The van der Waals surface area contributed by atoms with Crippen LogP contribution in [0.4, 0.5) is 0 Å². The monoisotopic (exact) mass is 245 g/mol. The van der Waals surface area contributed by atoms with Crippen LogP contribution in [0.3, 0.4) is 0 Å². The van der Waals surface area contributed by atoms with Gasteiger partial charge in [0.05, 0.1) is 5.92 Å². The highest BCUT2D eigenvalue weighted by Crippen LogP contribution is 2.38. The molecule has 6 nitrogen and oxygen atoms in total. The predicted molar refractivity (Wildman–Crippen MR) is 63.2 cm³/mol. The highest BCUT2D eigenvalue weighted by Gasteiger charge is 2.32. The Hall–Kier alpha value is -2.55. The molecule has 0 saturated carbocycles. The normalized spacial score (nSPS) is 17.7. The van der Waals surface area contributed by atoms with Crippen LogP contribution in [0, 0.1) is 28.4 Å². The van der Waals surface area contributed by atoms with E-state index in [1.807, 2.05) is 19.1 Å². The van der Waals surface area contributed by atoms with Crippen LogP contribution in [0.2, 0.25) is 0 Å². The van der Waals surface area contributed by atoms with E-state index >= 15 is 0 Å². The van der Waals surface area contributed by atoms with Crippen LogP contribution in [-0.2, 0) is 0 Å². The van der Waals surface area contributed by atoms with Gasteiger partial charge in [-0.05, 0) is 13.0 Å². The van der Waals surface area contributed by atoms with E-state index in [9.17, 15) is 10.1 Å². The maximum absolute atomic E-state index is 10.7. The Morgan fingerprint density at radius 3 is 2.94 bits per heavy atom. The fraction of sp³-hybridized carbons (Fsp3) is 0.250. The first-order valence-corrected chi connectivity index (χ1v) is 5.33. The van der Waals surface area contributed by atoms with Crippen molar-refractivity contribution in [3.8, 4) is 11.8 Å². The number of ether oxygens (including phenoxy) is 1. The van der Waals surface area contributed by atoms with E-state index in [2.05, 4.69) is 0 Å². The van der Waals surface area contributed by atoms with Gasteiger partial charge in [0.15, 0.2) is 0 Å². The smallest absolute Gasteiger partial charge is 0.215 e. The predicted octanol–water partition coefficient (Wildman–Crippen LogP) is 1.44. The quantitative estimate of drug-likeness (QED) is 0.627. The molecule has 0 radical (unpaired) electrons. The minimum absolute atomic E-state index is 0.0549. The van der Waals surface area contributed by atoms with Crippen molar-refractivity contribution in [3.05, 3.63) is 50.9 Å². The molecule has 0 fully saturated rings. The molecule has 0 aliphatic carbocycles. The summed E-state index contributed by atoms with van der Waals surface area (Å²) in [5.41, 5.74) is 7.32. The zero-order valence-electron chi connectivity index (χ0n) is 9.71. The van der Waals surface area contributed by atoms with E-state index in [0.29, 0.717) is 11.3 Å². The summed E-state index contributed by atoms with van der Waals surface area (Å²) >= 11 is 0. The molecule has 6 heteroatoms. The summed E-state index contributed by atoms with van der Waals surface area (Å²) in [4.78, 5) is 10.3. The molecule has 2 N–H and O–H groups in total. The minimum atomic E-state index is -0.645. The van der Waals surface area contributed by atoms with Gasteiger partial charge in [-0.2, -0.15) is 5.26 Å². The van der Waals surface area contributed by atoms with Crippen molar-refractivity contribution < 1.29 is 9.66 Å². The number of aryl methyl sites for hydroxylation is 1. The summed E-state index contributed by atoms with van der Waals surface area (Å²) in [7, 11) is 0. The summed E-state index contributed by atoms with van der Waals surface area (Å²) in [5.74, 6) is -0.224. The molecule has 2 rings (SSSR count). The van der Waals surface area contributed by atoms with Crippen LogP contribution in [0.1, 0.15) is 17.0 Å². The Labute approximate surface area is 103 Å². The average molecular weight is 245 g/mol. The second-order valence-electron chi connectivity index (χ2n) is 4.10. The van der Waals surface area contributed by atoms with Gasteiger partial charge in [0, 0.05) is 10.5 Å². The third-order valence-corrected chi connectivity index (χ3v) is 2.83. The summed E-state index contributed by atoms with van der Waals surface area (Å²) in [6.07, 6.45) is 0. The zero-order valence-corrected chi connectivity index (χ0v) is 9.71. The number of fused-ring (bicyclic) bond motifs is 1. The van der Waals surface area contributed by atoms with Gasteiger partial charge in [0.25, 0.3) is 0 Å². The lowest BCUT2D eigenvalue weighted by Gasteiger charge is -2.23. The molecule has 1 aromatic rings. The first kappa shape index (κ1) is 11.9. The number of nitrogens with zero attached hydrogens (tertiary/aromatic N) is 2. The summed E-state index contributed by atoms with van der Waals surface area (Å²) in [6.45, 7) is 1.50. The molecule has 0 amide bonds. The van der Waals surface area contributed by atoms with Crippen molar-refractivity contribution in [2.24, 2.45) is 5.73 Å². The summed E-state index contributed by atoms with van der Waals surface area (Å²) < 4.78 is 5.31. The van der Waals surface area contributed by atoms with Crippen molar-refractivity contribution in [2.45, 2.75) is 12.8 Å². The Kier molecular flexibility index (Phi) is 2.90. The first-order valence-electron chi connectivity index (χ1n) is 5.33. The lowest BCUT2D eigenvalue weighted by atomic mass is 9.88. The van der Waals surface area contributed by atoms with Gasteiger partial charge in [0.2, 0.25) is 12.4 Å². The van der Waals surface area contributed by atoms with Gasteiger partial charge < -0.3 is 10.5 Å². The van der Waals surface area contributed by atoms with Gasteiger partial charge in [-0.15, -0.1) is 0 Å². The van der Waals surface area contributed by atoms with Crippen molar-refractivity contribution >= 4 is 0 Å². The molecule has 1 aromatic carbocycles. The number of hydrogen-bond acceptors (Lipinski definition) is 5. The van der Waals surface area contributed by atoms with Crippen LogP contribution in [0.5, 0.6) is 5.75 Å². The van der Waals surface area contributed by atoms with Crippen LogP contribution >= 0.6 is 0 Å². The van der Waals surface area contributed by atoms with Crippen LogP contribution < -0.4 is 10.5 Å². The van der Waals surface area contributed by atoms with E-state index in [1.165, 1.54) is 0 Å². The van der Waals surface area contributed by atoms with E-state index in [1.54, 1.807) is 12.1 Å². The number of nitrogens with two attached hydrogens (primary N) is 1. The van der Waals surface area contributed by atoms with E-state index in [4.69, 9.17) is 15.7 Å². The molecule has 0 spiro atoms. The lowest BCUT2D eigenvalue weighted by Crippen LogP contribution is -2.24. The summed E-state index contributed by atoms with van der Waals surface area (Å²) in [5, 5.41) is 19.8. The standard InChI is InChI=1S/C12H11N3O3/c1-7-2-3-11-8(4-7)10(6-15(16)17)9(5-13)12(14)18-11/h2-4,10H,6,14H2,1H3/t10-/m1/s1. The van der Waals surface area contributed by atoms with Gasteiger partial charge >= 0.3 is 0 Å². The van der Waals surface area contributed by atoms with Crippen LogP contribution in [-0.4, -0.2) is 11.5 Å². The highest BCUT2D eigenvalue weighted by atomic mass is 16.6. The molecule has 92 valence electrons. The maximum Gasteiger partial charge on any atom is 0.215 e. The average Bonchev–Trinajstić information content (AvgIpc) is 2.30. The molecule has 1 atom stereocenters. The topological polar surface area (TPSA) is 102 Å². The number of benzene rings is 1. The van der Waals surface area contributed by atoms with Gasteiger partial charge in [-0.1, -0.05) is 17.7 Å². The summed E-state index contributed by atoms with van der Waals surface area (Å²) in [6, 6.07) is 7.21. The Morgan fingerprint density at radius 1 is 1.61 bits per heavy atom. The number of nitro groups is 1. The second-order valence-corrected chi connectivity index (χ2v) is 4.10. The maximum atomic E-state index is 10.7. The SMILES string of the molecule is Cc1ccc2c(c1)[C@@H](C[N+](=O)[O-])C(C#N)=C(N)O2. The van der Waals surface area contributed by atoms with Crippen molar-refractivity contribution in [2.75, 3.05) is 6.54 Å². The molecule has 0 aromatic heterocycles. The van der Waals surface area contributed by atoms with E-state index in [-0.39, 0.29) is 18.0 Å². The largest absolute Gasteiger partial charge is 0.440 e. The molecule has 0 saturated heterocycles. The van der Waals surface area contributed by atoms with Crippen molar-refractivity contribution in [1.82, 2.24) is 0 Å². The van der Waals surface area contributed by atoms with Crippen molar-refractivity contribution in [1.29, 1.82) is 5.26 Å². The van der Waals surface area contributed by atoms with Crippen LogP contribution in [0.25, 0.3) is 0 Å². The zero-order chi connectivity index (χ0) is 13.3. The Morgan fingerprint density at radius 2 is 2.33 bits per heavy atom. The Balaban J connectivity index is 2.55. The molecule has 1 aliphatic rings.